The molecule has 1 aromatic carbocycles. The van der Waals surface area contributed by atoms with Gasteiger partial charge in [0, 0.05) is 22.7 Å². The van der Waals surface area contributed by atoms with E-state index in [-0.39, 0.29) is 0 Å². The second-order valence-corrected chi connectivity index (χ2v) is 8.16. The molecule has 0 aromatic heterocycles. The van der Waals surface area contributed by atoms with Crippen LogP contribution in [0.5, 0.6) is 0 Å². The molecule has 1 aliphatic rings. The minimum Gasteiger partial charge on any atom is -0.444 e. The van der Waals surface area contributed by atoms with Gasteiger partial charge in [-0.2, -0.15) is 11.8 Å². The Morgan fingerprint density at radius 3 is 2.45 bits per heavy atom. The fraction of sp³-hybridized carbons (Fsp3) is 0.588. The molecule has 1 amide bonds. The molecule has 2 N–H and O–H groups in total. The van der Waals surface area contributed by atoms with Crippen LogP contribution in [0.1, 0.15) is 40.5 Å². The Bertz CT molecular complexity index is 496. The van der Waals surface area contributed by atoms with Crippen molar-refractivity contribution >= 4 is 29.2 Å². The summed E-state index contributed by atoms with van der Waals surface area (Å²) >= 11 is 2.03. The van der Waals surface area contributed by atoms with Crippen LogP contribution in [0.2, 0.25) is 0 Å². The van der Waals surface area contributed by atoms with E-state index >= 15 is 0 Å². The standard InChI is InChI=1S/C17H26N2O2S/c1-12-15(6-5-11-22-12)18-13-7-9-14(10-8-13)19-16(20)21-17(2,3)4/h7-10,12,15,18H,5-6,11H2,1-4H3,(H,19,20). The van der Waals surface area contributed by atoms with Gasteiger partial charge in [0.25, 0.3) is 0 Å². The molecule has 2 unspecified atom stereocenters. The van der Waals surface area contributed by atoms with E-state index in [1.165, 1.54) is 18.6 Å². The molecule has 122 valence electrons. The maximum atomic E-state index is 11.7. The molecule has 1 aliphatic heterocycles. The van der Waals surface area contributed by atoms with Gasteiger partial charge in [0.05, 0.1) is 0 Å². The zero-order valence-electron chi connectivity index (χ0n) is 13.8. The summed E-state index contributed by atoms with van der Waals surface area (Å²) in [7, 11) is 0. The van der Waals surface area contributed by atoms with E-state index in [4.69, 9.17) is 4.74 Å². The Morgan fingerprint density at radius 2 is 1.86 bits per heavy atom. The molecule has 1 saturated heterocycles. The second kappa shape index (κ2) is 7.27. The number of hydrogen-bond donors (Lipinski definition) is 2. The van der Waals surface area contributed by atoms with Gasteiger partial charge in [-0.15, -0.1) is 0 Å². The summed E-state index contributed by atoms with van der Waals surface area (Å²) < 4.78 is 5.24. The lowest BCUT2D eigenvalue weighted by Crippen LogP contribution is -2.32. The summed E-state index contributed by atoms with van der Waals surface area (Å²) in [5.41, 5.74) is 1.35. The van der Waals surface area contributed by atoms with Gasteiger partial charge in [0.15, 0.2) is 0 Å². The first-order valence-corrected chi connectivity index (χ1v) is 8.86. The largest absolute Gasteiger partial charge is 0.444 e. The number of hydrogen-bond acceptors (Lipinski definition) is 4. The normalized spacial score (nSPS) is 22.0. The monoisotopic (exact) mass is 322 g/mol. The van der Waals surface area contributed by atoms with Crippen molar-refractivity contribution < 1.29 is 9.53 Å². The lowest BCUT2D eigenvalue weighted by Gasteiger charge is -2.30. The molecule has 5 heteroatoms. The Labute approximate surface area is 137 Å². The molecule has 0 radical (unpaired) electrons. The number of carbonyl (C=O) groups excluding carboxylic acids is 1. The lowest BCUT2D eigenvalue weighted by atomic mass is 10.1. The molecule has 0 spiro atoms. The van der Waals surface area contributed by atoms with E-state index in [9.17, 15) is 4.79 Å². The van der Waals surface area contributed by atoms with Gasteiger partial charge < -0.3 is 10.1 Å². The third kappa shape index (κ3) is 5.44. The number of thioether (sulfide) groups is 1. The van der Waals surface area contributed by atoms with Crippen LogP contribution in [-0.2, 0) is 4.74 Å². The highest BCUT2D eigenvalue weighted by Crippen LogP contribution is 2.28. The van der Waals surface area contributed by atoms with Crippen LogP contribution in [-0.4, -0.2) is 28.7 Å². The number of carbonyl (C=O) groups is 1. The molecule has 1 heterocycles. The zero-order valence-corrected chi connectivity index (χ0v) is 14.6. The molecule has 4 nitrogen and oxygen atoms in total. The van der Waals surface area contributed by atoms with Crippen molar-refractivity contribution in [3.05, 3.63) is 24.3 Å². The van der Waals surface area contributed by atoms with Crippen molar-refractivity contribution in [2.45, 2.75) is 57.4 Å². The number of rotatable bonds is 3. The van der Waals surface area contributed by atoms with E-state index < -0.39 is 11.7 Å². The average molecular weight is 322 g/mol. The Balaban J connectivity index is 1.88. The average Bonchev–Trinajstić information content (AvgIpc) is 2.41. The van der Waals surface area contributed by atoms with Crippen molar-refractivity contribution in [1.82, 2.24) is 0 Å². The number of nitrogens with one attached hydrogen (secondary N) is 2. The maximum absolute atomic E-state index is 11.7. The molecule has 0 saturated carbocycles. The Morgan fingerprint density at radius 1 is 1.23 bits per heavy atom. The van der Waals surface area contributed by atoms with Crippen molar-refractivity contribution in [3.8, 4) is 0 Å². The van der Waals surface area contributed by atoms with Crippen LogP contribution >= 0.6 is 11.8 Å². The van der Waals surface area contributed by atoms with Crippen molar-refractivity contribution in [3.63, 3.8) is 0 Å². The van der Waals surface area contributed by atoms with Crippen LogP contribution in [0.15, 0.2) is 24.3 Å². The fourth-order valence-corrected chi connectivity index (χ4v) is 3.54. The quantitative estimate of drug-likeness (QED) is 0.844. The number of anilines is 2. The van der Waals surface area contributed by atoms with Crippen LogP contribution in [0, 0.1) is 0 Å². The van der Waals surface area contributed by atoms with Gasteiger partial charge in [-0.05, 0) is 63.6 Å². The highest BCUT2D eigenvalue weighted by atomic mass is 32.2. The van der Waals surface area contributed by atoms with E-state index in [1.54, 1.807) is 0 Å². The molecule has 22 heavy (non-hydrogen) atoms. The van der Waals surface area contributed by atoms with Gasteiger partial charge in [-0.25, -0.2) is 4.79 Å². The minimum atomic E-state index is -0.486. The molecule has 2 rings (SSSR count). The first-order chi connectivity index (χ1) is 10.3. The second-order valence-electron chi connectivity index (χ2n) is 6.67. The molecule has 1 aromatic rings. The predicted octanol–water partition coefficient (Wildman–Crippen LogP) is 4.73. The molecule has 1 fully saturated rings. The highest BCUT2D eigenvalue weighted by Gasteiger charge is 2.21. The van der Waals surface area contributed by atoms with Crippen LogP contribution < -0.4 is 10.6 Å². The van der Waals surface area contributed by atoms with Crippen molar-refractivity contribution in [1.29, 1.82) is 0 Å². The highest BCUT2D eigenvalue weighted by molar-refractivity contribution is 8.00. The number of ether oxygens (including phenoxy) is 1. The van der Waals surface area contributed by atoms with E-state index in [1.807, 2.05) is 56.8 Å². The van der Waals surface area contributed by atoms with Gasteiger partial charge >= 0.3 is 6.09 Å². The third-order valence-electron chi connectivity index (χ3n) is 3.49. The first kappa shape index (κ1) is 17.0. The zero-order chi connectivity index (χ0) is 16.2. The molecule has 0 bridgehead atoms. The summed E-state index contributed by atoms with van der Waals surface area (Å²) in [5.74, 6) is 1.26. The van der Waals surface area contributed by atoms with Gasteiger partial charge in [-0.3, -0.25) is 5.32 Å². The van der Waals surface area contributed by atoms with Crippen LogP contribution in [0.4, 0.5) is 16.2 Å². The summed E-state index contributed by atoms with van der Waals surface area (Å²) in [4.78, 5) is 11.7. The summed E-state index contributed by atoms with van der Waals surface area (Å²) in [6.45, 7) is 7.83. The SMILES string of the molecule is CC1SCCCC1Nc1ccc(NC(=O)OC(C)(C)C)cc1. The smallest absolute Gasteiger partial charge is 0.412 e. The van der Waals surface area contributed by atoms with Gasteiger partial charge in [0.2, 0.25) is 0 Å². The van der Waals surface area contributed by atoms with E-state index in [2.05, 4.69) is 17.6 Å². The van der Waals surface area contributed by atoms with Crippen molar-refractivity contribution in [2.24, 2.45) is 0 Å². The van der Waals surface area contributed by atoms with Gasteiger partial charge in [-0.1, -0.05) is 6.92 Å². The van der Waals surface area contributed by atoms with Crippen LogP contribution in [0.25, 0.3) is 0 Å². The molecule has 2 atom stereocenters. The third-order valence-corrected chi connectivity index (χ3v) is 4.87. The maximum Gasteiger partial charge on any atom is 0.412 e. The summed E-state index contributed by atoms with van der Waals surface area (Å²) in [6.07, 6.45) is 2.06. The minimum absolute atomic E-state index is 0.425. The number of amides is 1. The molecular weight excluding hydrogens is 296 g/mol. The fourth-order valence-electron chi connectivity index (χ4n) is 2.40. The van der Waals surface area contributed by atoms with Crippen molar-refractivity contribution in [2.75, 3.05) is 16.4 Å². The van der Waals surface area contributed by atoms with Crippen LogP contribution in [0.3, 0.4) is 0 Å². The van der Waals surface area contributed by atoms with E-state index in [0.717, 1.165) is 11.4 Å². The molecular formula is C17H26N2O2S. The first-order valence-electron chi connectivity index (χ1n) is 7.82. The Kier molecular flexibility index (Phi) is 5.62. The summed E-state index contributed by atoms with van der Waals surface area (Å²) in [5, 5.41) is 6.96. The number of benzene rings is 1. The topological polar surface area (TPSA) is 50.4 Å². The Hall–Kier alpha value is -1.36. The predicted molar refractivity (Wildman–Crippen MR) is 94.9 cm³/mol. The van der Waals surface area contributed by atoms with Gasteiger partial charge in [0.1, 0.15) is 5.60 Å². The molecule has 0 aliphatic carbocycles. The van der Waals surface area contributed by atoms with E-state index in [0.29, 0.717) is 11.3 Å². The summed E-state index contributed by atoms with van der Waals surface area (Å²) in [6, 6.07) is 8.31. The lowest BCUT2D eigenvalue weighted by molar-refractivity contribution is 0.0636.